The molecule has 0 saturated heterocycles. The van der Waals surface area contributed by atoms with Crippen molar-refractivity contribution in [1.29, 1.82) is 0 Å². The van der Waals surface area contributed by atoms with Crippen LogP contribution < -0.4 is 5.32 Å². The lowest BCUT2D eigenvalue weighted by Gasteiger charge is -2.03. The highest BCUT2D eigenvalue weighted by molar-refractivity contribution is 7.14. The smallest absolute Gasteiger partial charge is 0.251 e. The maximum Gasteiger partial charge on any atom is 0.251 e. The molecule has 7 heteroatoms. The summed E-state index contributed by atoms with van der Waals surface area (Å²) in [6.07, 6.45) is 0. The first-order valence-electron chi connectivity index (χ1n) is 6.74. The van der Waals surface area contributed by atoms with Crippen molar-refractivity contribution in [2.24, 2.45) is 0 Å². The minimum atomic E-state index is -1.06. The summed E-state index contributed by atoms with van der Waals surface area (Å²) in [5.41, 5.74) is 1.000. The van der Waals surface area contributed by atoms with E-state index in [4.69, 9.17) is 0 Å². The van der Waals surface area contributed by atoms with E-state index in [1.54, 1.807) is 0 Å². The molecular weight excluding hydrogens is 320 g/mol. The van der Waals surface area contributed by atoms with E-state index < -0.39 is 17.5 Å². The van der Waals surface area contributed by atoms with Crippen LogP contribution in [0.25, 0.3) is 10.6 Å². The zero-order valence-corrected chi connectivity index (χ0v) is 12.6. The summed E-state index contributed by atoms with van der Waals surface area (Å²) in [6, 6.07) is 12.6. The van der Waals surface area contributed by atoms with E-state index in [9.17, 15) is 13.6 Å². The fraction of sp³-hybridized carbons (Fsp3) is 0.0625. The topological polar surface area (TPSA) is 54.9 Å². The van der Waals surface area contributed by atoms with Gasteiger partial charge in [0, 0.05) is 11.1 Å². The van der Waals surface area contributed by atoms with Crippen LogP contribution in [0.4, 0.5) is 8.78 Å². The zero-order valence-electron chi connectivity index (χ0n) is 11.8. The quantitative estimate of drug-likeness (QED) is 0.797. The lowest BCUT2D eigenvalue weighted by atomic mass is 10.2. The predicted octanol–water partition coefficient (Wildman–Crippen LogP) is 3.41. The Labute approximate surface area is 134 Å². The molecule has 0 aliphatic carbocycles. The Morgan fingerprint density at radius 3 is 2.57 bits per heavy atom. The highest BCUT2D eigenvalue weighted by Gasteiger charge is 2.11. The van der Waals surface area contributed by atoms with E-state index in [0.717, 1.165) is 22.7 Å². The van der Waals surface area contributed by atoms with Crippen LogP contribution in [0.2, 0.25) is 0 Å². The van der Waals surface area contributed by atoms with E-state index in [1.165, 1.54) is 17.4 Å². The molecule has 23 heavy (non-hydrogen) atoms. The summed E-state index contributed by atoms with van der Waals surface area (Å²) >= 11 is 1.36. The van der Waals surface area contributed by atoms with Gasteiger partial charge in [0.25, 0.3) is 5.91 Å². The van der Waals surface area contributed by atoms with Crippen molar-refractivity contribution in [1.82, 2.24) is 15.5 Å². The lowest BCUT2D eigenvalue weighted by Crippen LogP contribution is -2.22. The average molecular weight is 331 g/mol. The summed E-state index contributed by atoms with van der Waals surface area (Å²) in [6.45, 7) is 0.169. The largest absolute Gasteiger partial charge is 0.345 e. The summed E-state index contributed by atoms with van der Waals surface area (Å²) < 4.78 is 26.0. The Hall–Kier alpha value is -2.67. The predicted molar refractivity (Wildman–Crippen MR) is 82.9 cm³/mol. The summed E-state index contributed by atoms with van der Waals surface area (Å²) in [4.78, 5) is 11.9. The molecule has 3 rings (SSSR count). The van der Waals surface area contributed by atoms with Crippen molar-refractivity contribution in [3.63, 3.8) is 0 Å². The Morgan fingerprint density at radius 1 is 1.04 bits per heavy atom. The molecule has 1 aromatic heterocycles. The van der Waals surface area contributed by atoms with E-state index in [-0.39, 0.29) is 12.1 Å². The number of halogens is 2. The molecule has 0 spiro atoms. The Bertz CT molecular complexity index is 836. The molecule has 0 fully saturated rings. The number of nitrogens with zero attached hydrogens (tertiary/aromatic N) is 2. The second-order valence-corrected chi connectivity index (χ2v) is 5.74. The molecule has 0 radical (unpaired) electrons. The number of benzene rings is 2. The van der Waals surface area contributed by atoms with Crippen molar-refractivity contribution >= 4 is 17.2 Å². The molecule has 4 nitrogen and oxygen atoms in total. The van der Waals surface area contributed by atoms with Gasteiger partial charge in [0.2, 0.25) is 0 Å². The molecule has 3 aromatic rings. The number of hydrogen-bond donors (Lipinski definition) is 1. The van der Waals surface area contributed by atoms with Crippen LogP contribution in [0.1, 0.15) is 15.4 Å². The third kappa shape index (κ3) is 3.57. The maximum atomic E-state index is 13.1. The fourth-order valence-electron chi connectivity index (χ4n) is 1.92. The number of rotatable bonds is 4. The SMILES string of the molecule is O=C(NCc1nnc(-c2ccccc2)s1)c1ccc(F)c(F)c1. The van der Waals surface area contributed by atoms with E-state index >= 15 is 0 Å². The molecule has 0 bridgehead atoms. The number of nitrogens with one attached hydrogen (secondary N) is 1. The number of aromatic nitrogens is 2. The molecule has 0 unspecified atom stereocenters. The number of carbonyl (C=O) groups is 1. The highest BCUT2D eigenvalue weighted by Crippen LogP contribution is 2.22. The zero-order chi connectivity index (χ0) is 16.2. The summed E-state index contributed by atoms with van der Waals surface area (Å²) in [5.74, 6) is -2.54. The van der Waals surface area contributed by atoms with Crippen LogP contribution in [-0.4, -0.2) is 16.1 Å². The molecular formula is C16H11F2N3OS. The first-order chi connectivity index (χ1) is 11.1. The molecule has 1 N–H and O–H groups in total. The van der Waals surface area contributed by atoms with Gasteiger partial charge in [-0.05, 0) is 18.2 Å². The van der Waals surface area contributed by atoms with Crippen LogP contribution in [0, 0.1) is 11.6 Å². The van der Waals surface area contributed by atoms with Crippen LogP contribution >= 0.6 is 11.3 Å². The van der Waals surface area contributed by atoms with Crippen LogP contribution in [0.15, 0.2) is 48.5 Å². The summed E-state index contributed by atoms with van der Waals surface area (Å²) in [5, 5.41) is 12.1. The average Bonchev–Trinajstić information content (AvgIpc) is 3.05. The molecule has 116 valence electrons. The minimum absolute atomic E-state index is 0.0525. The Balaban J connectivity index is 1.65. The first-order valence-corrected chi connectivity index (χ1v) is 7.56. The van der Waals surface area contributed by atoms with Gasteiger partial charge < -0.3 is 5.32 Å². The van der Waals surface area contributed by atoms with Gasteiger partial charge in [-0.15, -0.1) is 10.2 Å². The second kappa shape index (κ2) is 6.62. The number of hydrogen-bond acceptors (Lipinski definition) is 4. The van der Waals surface area contributed by atoms with Crippen molar-refractivity contribution in [3.05, 3.63) is 70.7 Å². The lowest BCUT2D eigenvalue weighted by molar-refractivity contribution is 0.0950. The second-order valence-electron chi connectivity index (χ2n) is 4.68. The van der Waals surface area contributed by atoms with E-state index in [0.29, 0.717) is 5.01 Å². The number of carbonyl (C=O) groups excluding carboxylic acids is 1. The maximum absolute atomic E-state index is 13.1. The molecule has 0 aliphatic rings. The Kier molecular flexibility index (Phi) is 4.38. The highest BCUT2D eigenvalue weighted by atomic mass is 32.1. The van der Waals surface area contributed by atoms with Gasteiger partial charge in [-0.1, -0.05) is 41.7 Å². The number of amides is 1. The molecule has 0 atom stereocenters. The fourth-order valence-corrected chi connectivity index (χ4v) is 2.70. The van der Waals surface area contributed by atoms with Gasteiger partial charge >= 0.3 is 0 Å². The third-order valence-electron chi connectivity index (χ3n) is 3.07. The summed E-state index contributed by atoms with van der Waals surface area (Å²) in [7, 11) is 0. The van der Waals surface area contributed by atoms with Gasteiger partial charge in [0.1, 0.15) is 10.0 Å². The molecule has 1 amide bonds. The van der Waals surface area contributed by atoms with Gasteiger partial charge in [-0.25, -0.2) is 8.78 Å². The molecule has 2 aromatic carbocycles. The minimum Gasteiger partial charge on any atom is -0.345 e. The van der Waals surface area contributed by atoms with Crippen molar-refractivity contribution < 1.29 is 13.6 Å². The van der Waals surface area contributed by atoms with E-state index in [1.807, 2.05) is 30.3 Å². The Morgan fingerprint density at radius 2 is 1.83 bits per heavy atom. The van der Waals surface area contributed by atoms with Crippen molar-refractivity contribution in [3.8, 4) is 10.6 Å². The van der Waals surface area contributed by atoms with Gasteiger partial charge in [-0.3, -0.25) is 4.79 Å². The van der Waals surface area contributed by atoms with Crippen LogP contribution in [0.3, 0.4) is 0 Å². The molecule has 0 saturated carbocycles. The van der Waals surface area contributed by atoms with Crippen molar-refractivity contribution in [2.45, 2.75) is 6.54 Å². The van der Waals surface area contributed by atoms with E-state index in [2.05, 4.69) is 15.5 Å². The standard InChI is InChI=1S/C16H11F2N3OS/c17-12-7-6-11(8-13(12)18)15(22)19-9-14-20-21-16(23-14)10-4-2-1-3-5-10/h1-8H,9H2,(H,19,22). The van der Waals surface area contributed by atoms with Gasteiger partial charge in [0.15, 0.2) is 11.6 Å². The van der Waals surface area contributed by atoms with Gasteiger partial charge in [-0.2, -0.15) is 0 Å². The normalized spacial score (nSPS) is 10.5. The van der Waals surface area contributed by atoms with Gasteiger partial charge in [0.05, 0.1) is 6.54 Å². The third-order valence-corrected chi connectivity index (χ3v) is 4.04. The first kappa shape index (κ1) is 15.2. The molecule has 1 heterocycles. The van der Waals surface area contributed by atoms with Crippen LogP contribution in [-0.2, 0) is 6.54 Å². The van der Waals surface area contributed by atoms with Crippen LogP contribution in [0.5, 0.6) is 0 Å². The monoisotopic (exact) mass is 331 g/mol. The van der Waals surface area contributed by atoms with Crippen molar-refractivity contribution in [2.75, 3.05) is 0 Å². The molecule has 0 aliphatic heterocycles.